The van der Waals surface area contributed by atoms with Gasteiger partial charge >= 0.3 is 0 Å². The third kappa shape index (κ3) is 1.89. The van der Waals surface area contributed by atoms with Gasteiger partial charge in [-0.15, -0.1) is 0 Å². The SMILES string of the molecule is CCC1CCN2c3nc(OC)ccc3NCC2C1. The summed E-state index contributed by atoms with van der Waals surface area (Å²) in [5.74, 6) is 2.65. The third-order valence-corrected chi connectivity index (χ3v) is 4.26. The second kappa shape index (κ2) is 4.67. The molecule has 4 nitrogen and oxygen atoms in total. The number of rotatable bonds is 2. The summed E-state index contributed by atoms with van der Waals surface area (Å²) in [5.41, 5.74) is 1.14. The molecule has 2 unspecified atom stereocenters. The van der Waals surface area contributed by atoms with Crippen LogP contribution in [0.4, 0.5) is 11.5 Å². The van der Waals surface area contributed by atoms with Crippen molar-refractivity contribution in [3.8, 4) is 5.88 Å². The Kier molecular flexibility index (Phi) is 3.02. The lowest BCUT2D eigenvalue weighted by Crippen LogP contribution is -2.49. The summed E-state index contributed by atoms with van der Waals surface area (Å²) in [5, 5.41) is 3.50. The average molecular weight is 247 g/mol. The van der Waals surface area contributed by atoms with Crippen LogP contribution in [0.2, 0.25) is 0 Å². The van der Waals surface area contributed by atoms with Crippen LogP contribution in [0, 0.1) is 5.92 Å². The van der Waals surface area contributed by atoms with Gasteiger partial charge in [0.05, 0.1) is 12.8 Å². The van der Waals surface area contributed by atoms with Gasteiger partial charge in [0.25, 0.3) is 0 Å². The predicted octanol–water partition coefficient (Wildman–Crippen LogP) is 2.51. The number of hydrogen-bond acceptors (Lipinski definition) is 4. The number of ether oxygens (including phenoxy) is 1. The van der Waals surface area contributed by atoms with Gasteiger partial charge in [-0.25, -0.2) is 0 Å². The molecule has 3 rings (SSSR count). The summed E-state index contributed by atoms with van der Waals surface area (Å²) in [6, 6.07) is 4.59. The summed E-state index contributed by atoms with van der Waals surface area (Å²) < 4.78 is 5.24. The number of piperidine rings is 1. The molecule has 1 fully saturated rings. The number of hydrogen-bond donors (Lipinski definition) is 1. The van der Waals surface area contributed by atoms with E-state index in [1.165, 1.54) is 19.3 Å². The largest absolute Gasteiger partial charge is 0.481 e. The molecule has 0 spiro atoms. The fraction of sp³-hybridized carbons (Fsp3) is 0.643. The lowest BCUT2D eigenvalue weighted by atomic mass is 9.88. The summed E-state index contributed by atoms with van der Waals surface area (Å²) in [6.07, 6.45) is 3.86. The number of aromatic nitrogens is 1. The number of nitrogens with zero attached hydrogens (tertiary/aromatic N) is 2. The van der Waals surface area contributed by atoms with E-state index >= 15 is 0 Å². The van der Waals surface area contributed by atoms with Gasteiger partial charge in [0, 0.05) is 25.2 Å². The monoisotopic (exact) mass is 247 g/mol. The van der Waals surface area contributed by atoms with E-state index in [4.69, 9.17) is 4.74 Å². The van der Waals surface area contributed by atoms with Gasteiger partial charge in [-0.2, -0.15) is 4.98 Å². The number of nitrogens with one attached hydrogen (secondary N) is 1. The van der Waals surface area contributed by atoms with Gasteiger partial charge in [-0.3, -0.25) is 0 Å². The molecule has 0 bridgehead atoms. The molecule has 1 saturated heterocycles. The molecule has 2 aliphatic heterocycles. The smallest absolute Gasteiger partial charge is 0.215 e. The zero-order chi connectivity index (χ0) is 12.5. The van der Waals surface area contributed by atoms with Gasteiger partial charge in [0.1, 0.15) is 0 Å². The molecule has 1 aromatic rings. The first-order chi connectivity index (χ1) is 8.81. The van der Waals surface area contributed by atoms with E-state index in [-0.39, 0.29) is 0 Å². The zero-order valence-corrected chi connectivity index (χ0v) is 11.1. The summed E-state index contributed by atoms with van der Waals surface area (Å²) >= 11 is 0. The van der Waals surface area contributed by atoms with Crippen LogP contribution in [-0.2, 0) is 0 Å². The molecule has 18 heavy (non-hydrogen) atoms. The Bertz CT molecular complexity index is 435. The van der Waals surface area contributed by atoms with E-state index in [1.54, 1.807) is 7.11 Å². The second-order valence-electron chi connectivity index (χ2n) is 5.25. The third-order valence-electron chi connectivity index (χ3n) is 4.26. The molecule has 0 aliphatic carbocycles. The minimum Gasteiger partial charge on any atom is -0.481 e. The molecule has 1 aromatic heterocycles. The maximum Gasteiger partial charge on any atom is 0.215 e. The highest BCUT2D eigenvalue weighted by Gasteiger charge is 2.33. The van der Waals surface area contributed by atoms with E-state index < -0.39 is 0 Å². The van der Waals surface area contributed by atoms with Crippen LogP contribution in [-0.4, -0.2) is 31.2 Å². The normalized spacial score (nSPS) is 26.0. The molecule has 0 saturated carbocycles. The molecule has 2 atom stereocenters. The second-order valence-corrected chi connectivity index (χ2v) is 5.25. The van der Waals surface area contributed by atoms with Crippen LogP contribution < -0.4 is 15.0 Å². The Morgan fingerprint density at radius 2 is 2.39 bits per heavy atom. The Morgan fingerprint density at radius 3 is 3.17 bits per heavy atom. The average Bonchev–Trinajstić information content (AvgIpc) is 2.45. The van der Waals surface area contributed by atoms with Crippen molar-refractivity contribution in [3.05, 3.63) is 12.1 Å². The first-order valence-corrected chi connectivity index (χ1v) is 6.87. The highest BCUT2D eigenvalue weighted by molar-refractivity contribution is 5.69. The van der Waals surface area contributed by atoms with Crippen molar-refractivity contribution in [1.29, 1.82) is 0 Å². The van der Waals surface area contributed by atoms with Crippen molar-refractivity contribution in [2.24, 2.45) is 5.92 Å². The molecule has 3 heterocycles. The standard InChI is InChI=1S/C14H21N3O/c1-3-10-6-7-17-11(8-10)9-15-12-4-5-13(18-2)16-14(12)17/h4-5,10-11,15H,3,6-9H2,1-2H3. The van der Waals surface area contributed by atoms with Crippen molar-refractivity contribution in [2.75, 3.05) is 30.4 Å². The highest BCUT2D eigenvalue weighted by atomic mass is 16.5. The Morgan fingerprint density at radius 1 is 1.50 bits per heavy atom. The van der Waals surface area contributed by atoms with Crippen molar-refractivity contribution >= 4 is 11.5 Å². The number of fused-ring (bicyclic) bond motifs is 3. The molecule has 0 amide bonds. The molecular weight excluding hydrogens is 226 g/mol. The van der Waals surface area contributed by atoms with Crippen molar-refractivity contribution in [2.45, 2.75) is 32.2 Å². The van der Waals surface area contributed by atoms with Crippen LogP contribution in [0.25, 0.3) is 0 Å². The first kappa shape index (κ1) is 11.6. The van der Waals surface area contributed by atoms with Crippen molar-refractivity contribution in [3.63, 3.8) is 0 Å². The molecule has 98 valence electrons. The Balaban J connectivity index is 1.88. The van der Waals surface area contributed by atoms with Crippen LogP contribution in [0.1, 0.15) is 26.2 Å². The van der Waals surface area contributed by atoms with E-state index in [1.807, 2.05) is 6.07 Å². The van der Waals surface area contributed by atoms with E-state index in [2.05, 4.69) is 28.2 Å². The summed E-state index contributed by atoms with van der Waals surface area (Å²) in [4.78, 5) is 7.07. The van der Waals surface area contributed by atoms with Gasteiger partial charge in [0.15, 0.2) is 5.82 Å². The van der Waals surface area contributed by atoms with Crippen molar-refractivity contribution < 1.29 is 4.74 Å². The maximum atomic E-state index is 5.24. The minimum absolute atomic E-state index is 0.593. The summed E-state index contributed by atoms with van der Waals surface area (Å²) in [6.45, 7) is 4.46. The number of anilines is 2. The molecule has 4 heteroatoms. The lowest BCUT2D eigenvalue weighted by Gasteiger charge is -2.44. The number of pyridine rings is 1. The predicted molar refractivity (Wildman–Crippen MR) is 73.4 cm³/mol. The van der Waals surface area contributed by atoms with E-state index in [9.17, 15) is 0 Å². The Hall–Kier alpha value is -1.45. The fourth-order valence-corrected chi connectivity index (χ4v) is 3.11. The quantitative estimate of drug-likeness (QED) is 0.871. The van der Waals surface area contributed by atoms with Crippen LogP contribution in [0.3, 0.4) is 0 Å². The molecule has 0 radical (unpaired) electrons. The van der Waals surface area contributed by atoms with Gasteiger partial charge in [0.2, 0.25) is 5.88 Å². The topological polar surface area (TPSA) is 37.4 Å². The Labute approximate surface area is 108 Å². The van der Waals surface area contributed by atoms with E-state index in [0.29, 0.717) is 11.9 Å². The molecule has 0 aromatic carbocycles. The highest BCUT2D eigenvalue weighted by Crippen LogP contribution is 2.37. The molecular formula is C14H21N3O. The van der Waals surface area contributed by atoms with E-state index in [0.717, 1.165) is 30.5 Å². The molecule has 1 N–H and O–H groups in total. The maximum absolute atomic E-state index is 5.24. The van der Waals surface area contributed by atoms with Crippen LogP contribution in [0.15, 0.2) is 12.1 Å². The van der Waals surface area contributed by atoms with Gasteiger partial charge in [-0.1, -0.05) is 13.3 Å². The fourth-order valence-electron chi connectivity index (χ4n) is 3.11. The minimum atomic E-state index is 0.593. The lowest BCUT2D eigenvalue weighted by molar-refractivity contribution is 0.332. The van der Waals surface area contributed by atoms with Crippen LogP contribution in [0.5, 0.6) is 5.88 Å². The van der Waals surface area contributed by atoms with Gasteiger partial charge in [-0.05, 0) is 24.8 Å². The van der Waals surface area contributed by atoms with Crippen molar-refractivity contribution in [1.82, 2.24) is 4.98 Å². The number of methoxy groups -OCH3 is 1. The zero-order valence-electron chi connectivity index (χ0n) is 11.1. The summed E-state index contributed by atoms with van der Waals surface area (Å²) in [7, 11) is 1.67. The van der Waals surface area contributed by atoms with Crippen LogP contribution >= 0.6 is 0 Å². The first-order valence-electron chi connectivity index (χ1n) is 6.87. The van der Waals surface area contributed by atoms with Gasteiger partial charge < -0.3 is 15.0 Å². The molecule has 2 aliphatic rings.